The van der Waals surface area contributed by atoms with Gasteiger partial charge in [0.2, 0.25) is 6.79 Å². The van der Waals surface area contributed by atoms with Gasteiger partial charge < -0.3 is 19.5 Å². The number of hydrogen-bond donors (Lipinski definition) is 2. The van der Waals surface area contributed by atoms with Crippen LogP contribution in [0.4, 0.5) is 0 Å². The maximum atomic E-state index is 12.1. The summed E-state index contributed by atoms with van der Waals surface area (Å²) in [6, 6.07) is 12.1. The molecule has 0 radical (unpaired) electrons. The Balaban J connectivity index is 1.49. The summed E-state index contributed by atoms with van der Waals surface area (Å²) < 4.78 is 15.9. The number of hydrogen-bond acceptors (Lipinski definition) is 6. The molecule has 3 rings (SSSR count). The monoisotopic (exact) mass is 381 g/mol. The van der Waals surface area contributed by atoms with Gasteiger partial charge in [0.15, 0.2) is 11.5 Å². The predicted octanol–water partition coefficient (Wildman–Crippen LogP) is 1.86. The van der Waals surface area contributed by atoms with E-state index in [-0.39, 0.29) is 13.3 Å². The van der Waals surface area contributed by atoms with Gasteiger partial charge in [0, 0.05) is 11.1 Å². The van der Waals surface area contributed by atoms with E-state index in [1.807, 2.05) is 12.1 Å². The van der Waals surface area contributed by atoms with Crippen LogP contribution < -0.4 is 25.0 Å². The van der Waals surface area contributed by atoms with E-state index in [1.54, 1.807) is 36.4 Å². The van der Waals surface area contributed by atoms with Crippen molar-refractivity contribution in [3.8, 4) is 17.2 Å². The van der Waals surface area contributed by atoms with Crippen molar-refractivity contribution >= 4 is 18.0 Å². The van der Waals surface area contributed by atoms with Crippen LogP contribution in [0.5, 0.6) is 17.2 Å². The molecule has 0 aromatic heterocycles. The minimum Gasteiger partial charge on any atom is -0.489 e. The molecule has 2 aromatic rings. The summed E-state index contributed by atoms with van der Waals surface area (Å²) in [7, 11) is 0. The van der Waals surface area contributed by atoms with E-state index in [9.17, 15) is 9.59 Å². The summed E-state index contributed by atoms with van der Waals surface area (Å²) in [6.07, 6.45) is 3.11. The molecule has 0 unspecified atom stereocenters. The number of hydrazone groups is 1. The molecular weight excluding hydrogens is 362 g/mol. The van der Waals surface area contributed by atoms with Gasteiger partial charge in [0.1, 0.15) is 12.4 Å². The molecule has 0 saturated carbocycles. The van der Waals surface area contributed by atoms with Crippen molar-refractivity contribution in [1.29, 1.82) is 0 Å². The molecule has 1 aliphatic heterocycles. The summed E-state index contributed by atoms with van der Waals surface area (Å²) >= 11 is 0. The lowest BCUT2D eigenvalue weighted by Gasteiger charge is -2.07. The lowest BCUT2D eigenvalue weighted by atomic mass is 10.2. The van der Waals surface area contributed by atoms with Crippen LogP contribution in [0, 0.1) is 0 Å². The van der Waals surface area contributed by atoms with E-state index >= 15 is 0 Å². The molecular formula is C20H19N3O5. The van der Waals surface area contributed by atoms with Crippen LogP contribution in [-0.4, -0.2) is 38.0 Å². The zero-order valence-electron chi connectivity index (χ0n) is 15.0. The molecule has 0 fully saturated rings. The number of nitrogens with one attached hydrogen (secondary N) is 2. The Bertz CT molecular complexity index is 910. The molecule has 8 heteroatoms. The van der Waals surface area contributed by atoms with Gasteiger partial charge in [-0.2, -0.15) is 5.10 Å². The van der Waals surface area contributed by atoms with Crippen LogP contribution in [0.1, 0.15) is 15.9 Å². The highest BCUT2D eigenvalue weighted by atomic mass is 16.7. The van der Waals surface area contributed by atoms with Crippen LogP contribution >= 0.6 is 0 Å². The number of ether oxygens (including phenoxy) is 3. The van der Waals surface area contributed by atoms with E-state index in [0.717, 1.165) is 0 Å². The molecule has 144 valence electrons. The first-order valence-electron chi connectivity index (χ1n) is 8.50. The van der Waals surface area contributed by atoms with E-state index in [4.69, 9.17) is 14.2 Å². The molecule has 0 bridgehead atoms. The topological polar surface area (TPSA) is 98.2 Å². The highest BCUT2D eigenvalue weighted by Crippen LogP contribution is 2.32. The van der Waals surface area contributed by atoms with Gasteiger partial charge in [-0.1, -0.05) is 24.8 Å². The Hall–Kier alpha value is -3.81. The Morgan fingerprint density at radius 2 is 2.00 bits per heavy atom. The molecule has 1 aliphatic rings. The van der Waals surface area contributed by atoms with Crippen LogP contribution in [0.3, 0.4) is 0 Å². The van der Waals surface area contributed by atoms with Crippen LogP contribution in [0.15, 0.2) is 60.2 Å². The van der Waals surface area contributed by atoms with Crippen molar-refractivity contribution in [3.05, 3.63) is 66.2 Å². The van der Waals surface area contributed by atoms with Gasteiger partial charge in [-0.15, -0.1) is 0 Å². The average molecular weight is 381 g/mol. The van der Waals surface area contributed by atoms with Crippen molar-refractivity contribution in [3.63, 3.8) is 0 Å². The van der Waals surface area contributed by atoms with Gasteiger partial charge in [-0.3, -0.25) is 9.59 Å². The largest absolute Gasteiger partial charge is 0.489 e. The summed E-state index contributed by atoms with van der Waals surface area (Å²) in [6.45, 7) is 3.87. The third kappa shape index (κ3) is 4.88. The number of nitrogens with zero attached hydrogens (tertiary/aromatic N) is 1. The average Bonchev–Trinajstić information content (AvgIpc) is 3.19. The van der Waals surface area contributed by atoms with Crippen molar-refractivity contribution in [2.24, 2.45) is 5.10 Å². The highest BCUT2D eigenvalue weighted by molar-refractivity contribution is 5.97. The molecule has 0 saturated heterocycles. The molecule has 2 aromatic carbocycles. The maximum Gasteiger partial charge on any atom is 0.259 e. The number of carbonyl (C=O) groups excluding carboxylic acids is 2. The van der Waals surface area contributed by atoms with E-state index in [0.29, 0.717) is 35.0 Å². The zero-order valence-corrected chi connectivity index (χ0v) is 15.0. The second-order valence-corrected chi connectivity index (χ2v) is 5.68. The Morgan fingerprint density at radius 3 is 2.86 bits per heavy atom. The molecule has 2 amide bonds. The van der Waals surface area contributed by atoms with Crippen LogP contribution in [0.25, 0.3) is 0 Å². The minimum absolute atomic E-state index is 0.128. The molecule has 0 aliphatic carbocycles. The first kappa shape index (κ1) is 19.0. The maximum absolute atomic E-state index is 12.1. The van der Waals surface area contributed by atoms with Crippen LogP contribution in [-0.2, 0) is 4.79 Å². The van der Waals surface area contributed by atoms with Crippen molar-refractivity contribution in [2.45, 2.75) is 0 Å². The van der Waals surface area contributed by atoms with E-state index < -0.39 is 11.8 Å². The molecule has 0 spiro atoms. The van der Waals surface area contributed by atoms with Crippen LogP contribution in [0.2, 0.25) is 0 Å². The number of amides is 2. The number of fused-ring (bicyclic) bond motifs is 1. The second kappa shape index (κ2) is 9.22. The van der Waals surface area contributed by atoms with Crippen molar-refractivity contribution in [1.82, 2.24) is 10.7 Å². The Labute approximate surface area is 161 Å². The third-order valence-corrected chi connectivity index (χ3v) is 3.71. The predicted molar refractivity (Wildman–Crippen MR) is 103 cm³/mol. The highest BCUT2D eigenvalue weighted by Gasteiger charge is 2.16. The summed E-state index contributed by atoms with van der Waals surface area (Å²) in [4.78, 5) is 24.0. The molecule has 0 atom stereocenters. The summed E-state index contributed by atoms with van der Waals surface area (Å²) in [5.41, 5.74) is 3.43. The van der Waals surface area contributed by atoms with Gasteiger partial charge >= 0.3 is 0 Å². The molecule has 8 nitrogen and oxygen atoms in total. The van der Waals surface area contributed by atoms with E-state index in [1.165, 1.54) is 6.21 Å². The molecule has 1 heterocycles. The first-order valence-corrected chi connectivity index (χ1v) is 8.50. The smallest absolute Gasteiger partial charge is 0.259 e. The van der Waals surface area contributed by atoms with Crippen molar-refractivity contribution in [2.75, 3.05) is 19.9 Å². The lowest BCUT2D eigenvalue weighted by Crippen LogP contribution is -2.34. The fraction of sp³-hybridized carbons (Fsp3) is 0.150. The number of rotatable bonds is 8. The normalized spacial score (nSPS) is 11.9. The fourth-order valence-corrected chi connectivity index (χ4v) is 2.38. The Kier molecular flexibility index (Phi) is 6.25. The zero-order chi connectivity index (χ0) is 19.8. The third-order valence-electron chi connectivity index (χ3n) is 3.71. The summed E-state index contributed by atoms with van der Waals surface area (Å²) in [5.74, 6) is 0.840. The van der Waals surface area contributed by atoms with Gasteiger partial charge in [-0.05, 0) is 30.3 Å². The molecule has 28 heavy (non-hydrogen) atoms. The van der Waals surface area contributed by atoms with E-state index in [2.05, 4.69) is 22.4 Å². The number of benzene rings is 2. The van der Waals surface area contributed by atoms with Crippen molar-refractivity contribution < 1.29 is 23.8 Å². The quantitative estimate of drug-likeness (QED) is 0.413. The Morgan fingerprint density at radius 1 is 1.18 bits per heavy atom. The number of para-hydroxylation sites is 1. The lowest BCUT2D eigenvalue weighted by molar-refractivity contribution is -0.120. The van der Waals surface area contributed by atoms with Gasteiger partial charge in [0.05, 0.1) is 12.8 Å². The standard InChI is InChI=1S/C20H19N3O5/c1-2-9-26-16-6-4-3-5-15(16)11-22-23-19(24)12-21-20(25)14-7-8-17-18(10-14)28-13-27-17/h2-8,10-11H,1,9,12-13H2,(H,21,25)(H,23,24). The van der Waals surface area contributed by atoms with Gasteiger partial charge in [0.25, 0.3) is 11.8 Å². The SMILES string of the molecule is C=CCOc1ccccc1C=NNC(=O)CNC(=O)c1ccc2c(c1)OCO2. The summed E-state index contributed by atoms with van der Waals surface area (Å²) in [5, 5.41) is 6.41. The fourth-order valence-electron chi connectivity index (χ4n) is 2.38. The number of carbonyl (C=O) groups is 2. The van der Waals surface area contributed by atoms with Gasteiger partial charge in [-0.25, -0.2) is 5.43 Å². The first-order chi connectivity index (χ1) is 13.7. The minimum atomic E-state index is -0.463. The second-order valence-electron chi connectivity index (χ2n) is 5.68. The molecule has 2 N–H and O–H groups in total.